The Morgan fingerprint density at radius 2 is 2.40 bits per heavy atom. The van der Waals surface area contributed by atoms with E-state index in [2.05, 4.69) is 11.1 Å². The number of allylic oxidation sites excluding steroid dienone is 1. The van der Waals surface area contributed by atoms with E-state index in [1.807, 2.05) is 0 Å². The molecule has 2 nitrogen and oxygen atoms in total. The summed E-state index contributed by atoms with van der Waals surface area (Å²) in [6.07, 6.45) is 3.83. The average Bonchev–Trinajstić information content (AvgIpc) is 2.43. The van der Waals surface area contributed by atoms with Crippen molar-refractivity contribution in [2.45, 2.75) is 25.1 Å². The Bertz CT molecular complexity index is 115. The zero-order valence-corrected chi connectivity index (χ0v) is 7.75. The van der Waals surface area contributed by atoms with Crippen LogP contribution in [0.15, 0.2) is 11.1 Å². The number of hydrogen-bond donors (Lipinski definition) is 1. The third kappa shape index (κ3) is 7.73. The van der Waals surface area contributed by atoms with Gasteiger partial charge in [0.25, 0.3) is 0 Å². The normalized spacial score (nSPS) is 14.1. The Labute approximate surface area is 67.5 Å². The van der Waals surface area contributed by atoms with Crippen LogP contribution in [-0.4, -0.2) is 26.0 Å². The first kappa shape index (κ1) is 9.73. The number of rotatable bonds is 1. The van der Waals surface area contributed by atoms with Crippen molar-refractivity contribution in [3.8, 4) is 0 Å². The predicted molar refractivity (Wildman–Crippen MR) is 42.2 cm³/mol. The zero-order chi connectivity index (χ0) is 7.82. The molecule has 0 saturated heterocycles. The average molecular weight is 207 g/mol. The molecule has 0 atom stereocenters. The minimum Gasteiger partial charge on any atom is -0.481 e. The maximum atomic E-state index is 9.37. The van der Waals surface area contributed by atoms with E-state index < -0.39 is 5.97 Å². The van der Waals surface area contributed by atoms with E-state index in [0.717, 1.165) is 15.0 Å². The van der Waals surface area contributed by atoms with Crippen LogP contribution < -0.4 is 0 Å². The summed E-state index contributed by atoms with van der Waals surface area (Å²) in [5, 5.41) is 9.17. The Hall–Kier alpha value is -0.271. The predicted octanol–water partition coefficient (Wildman–Crippen LogP) is 1.51. The van der Waals surface area contributed by atoms with Crippen molar-refractivity contribution in [1.29, 1.82) is 0 Å². The maximum Gasteiger partial charge on any atom is 0.303 e. The SMILES string of the molecule is C1=C[Se]CC1.CCC(=O)O. The van der Waals surface area contributed by atoms with Crippen molar-refractivity contribution in [3.63, 3.8) is 0 Å². The van der Waals surface area contributed by atoms with Crippen LogP contribution in [-0.2, 0) is 4.79 Å². The molecular weight excluding hydrogens is 195 g/mol. The van der Waals surface area contributed by atoms with Crippen LogP contribution in [0.25, 0.3) is 0 Å². The van der Waals surface area contributed by atoms with E-state index in [-0.39, 0.29) is 6.42 Å². The zero-order valence-electron chi connectivity index (χ0n) is 6.04. The molecule has 0 saturated carbocycles. The smallest absolute Gasteiger partial charge is 0.303 e. The van der Waals surface area contributed by atoms with Crippen LogP contribution in [0.1, 0.15) is 19.8 Å². The Balaban J connectivity index is 0.000000162. The first-order chi connectivity index (χ1) is 4.77. The summed E-state index contributed by atoms with van der Waals surface area (Å²) in [6, 6.07) is 0. The van der Waals surface area contributed by atoms with E-state index in [4.69, 9.17) is 5.11 Å². The Morgan fingerprint density at radius 1 is 1.80 bits per heavy atom. The summed E-state index contributed by atoms with van der Waals surface area (Å²) in [5.41, 5.74) is 0. The minimum absolute atomic E-state index is 0.222. The van der Waals surface area contributed by atoms with Crippen molar-refractivity contribution in [2.75, 3.05) is 0 Å². The molecule has 0 unspecified atom stereocenters. The van der Waals surface area contributed by atoms with Gasteiger partial charge < -0.3 is 5.11 Å². The molecule has 1 rings (SSSR count). The largest absolute Gasteiger partial charge is 0.481 e. The number of aliphatic carboxylic acids is 1. The standard InChI is InChI=1S/C4H6Se.C3H6O2/c1-2-4-5-3-1;1-2-3(4)5/h1,3H,2,4H2;2H2,1H3,(H,4,5). The fourth-order valence-electron chi connectivity index (χ4n) is 0.340. The quantitative estimate of drug-likeness (QED) is 0.661. The minimum atomic E-state index is -0.745. The fraction of sp³-hybridized carbons (Fsp3) is 0.571. The van der Waals surface area contributed by atoms with E-state index in [0.29, 0.717) is 0 Å². The van der Waals surface area contributed by atoms with Crippen molar-refractivity contribution >= 4 is 20.9 Å². The molecule has 10 heavy (non-hydrogen) atoms. The Kier molecular flexibility index (Phi) is 6.66. The summed E-state index contributed by atoms with van der Waals surface area (Å²) in [4.78, 5) is 11.7. The van der Waals surface area contributed by atoms with Crippen molar-refractivity contribution in [1.82, 2.24) is 0 Å². The molecule has 0 radical (unpaired) electrons. The van der Waals surface area contributed by atoms with Crippen molar-refractivity contribution < 1.29 is 9.90 Å². The van der Waals surface area contributed by atoms with Gasteiger partial charge in [-0.1, -0.05) is 6.92 Å². The second-order valence-corrected chi connectivity index (χ2v) is 3.91. The van der Waals surface area contributed by atoms with Gasteiger partial charge in [0, 0.05) is 6.42 Å². The third-order valence-electron chi connectivity index (χ3n) is 0.897. The first-order valence-corrected chi connectivity index (χ1v) is 5.45. The molecule has 0 aromatic carbocycles. The van der Waals surface area contributed by atoms with Gasteiger partial charge in [0.2, 0.25) is 0 Å². The van der Waals surface area contributed by atoms with Gasteiger partial charge in [0.1, 0.15) is 0 Å². The molecular formula is C7H12O2Se. The molecule has 3 heteroatoms. The molecule has 0 amide bonds. The number of carboxylic acids is 1. The van der Waals surface area contributed by atoms with Crippen LogP contribution in [0.5, 0.6) is 0 Å². The van der Waals surface area contributed by atoms with Gasteiger partial charge in [-0.15, -0.1) is 0 Å². The monoisotopic (exact) mass is 208 g/mol. The maximum absolute atomic E-state index is 9.37. The molecule has 58 valence electrons. The van der Waals surface area contributed by atoms with Gasteiger partial charge in [-0.25, -0.2) is 0 Å². The summed E-state index contributed by atoms with van der Waals surface area (Å²) in [6.45, 7) is 1.60. The van der Waals surface area contributed by atoms with Crippen LogP contribution in [0.3, 0.4) is 0 Å². The van der Waals surface area contributed by atoms with Gasteiger partial charge in [-0.3, -0.25) is 4.79 Å². The van der Waals surface area contributed by atoms with Gasteiger partial charge in [0.05, 0.1) is 0 Å². The molecule has 0 fully saturated rings. The van der Waals surface area contributed by atoms with E-state index in [1.54, 1.807) is 6.92 Å². The van der Waals surface area contributed by atoms with Gasteiger partial charge >= 0.3 is 43.7 Å². The van der Waals surface area contributed by atoms with E-state index in [1.165, 1.54) is 11.7 Å². The molecule has 1 aliphatic rings. The fourth-order valence-corrected chi connectivity index (χ4v) is 1.77. The van der Waals surface area contributed by atoms with E-state index in [9.17, 15) is 4.79 Å². The van der Waals surface area contributed by atoms with Crippen molar-refractivity contribution in [2.24, 2.45) is 0 Å². The number of carboxylic acid groups (broad SMARTS) is 1. The second-order valence-electron chi connectivity index (χ2n) is 1.78. The summed E-state index contributed by atoms with van der Waals surface area (Å²) in [5.74, 6) is -0.745. The summed E-state index contributed by atoms with van der Waals surface area (Å²) >= 11 is 0.889. The van der Waals surface area contributed by atoms with Crippen molar-refractivity contribution in [3.05, 3.63) is 11.1 Å². The van der Waals surface area contributed by atoms with Crippen LogP contribution in [0, 0.1) is 0 Å². The molecule has 0 spiro atoms. The molecule has 1 aliphatic heterocycles. The third-order valence-corrected chi connectivity index (χ3v) is 2.69. The summed E-state index contributed by atoms with van der Waals surface area (Å²) < 4.78 is 0. The first-order valence-electron chi connectivity index (χ1n) is 3.25. The van der Waals surface area contributed by atoms with Crippen LogP contribution in [0.4, 0.5) is 0 Å². The van der Waals surface area contributed by atoms with Crippen LogP contribution >= 0.6 is 0 Å². The van der Waals surface area contributed by atoms with E-state index >= 15 is 0 Å². The number of hydrogen-bond acceptors (Lipinski definition) is 1. The molecule has 0 aromatic heterocycles. The Morgan fingerprint density at radius 3 is 2.50 bits per heavy atom. The van der Waals surface area contributed by atoms with Crippen LogP contribution in [0.2, 0.25) is 5.32 Å². The molecule has 1 heterocycles. The molecule has 1 N–H and O–H groups in total. The van der Waals surface area contributed by atoms with Gasteiger partial charge in [0.15, 0.2) is 0 Å². The molecule has 0 bridgehead atoms. The van der Waals surface area contributed by atoms with Gasteiger partial charge in [-0.05, 0) is 0 Å². The summed E-state index contributed by atoms with van der Waals surface area (Å²) in [7, 11) is 0. The molecule has 0 aromatic rings. The van der Waals surface area contributed by atoms with Gasteiger partial charge in [-0.2, -0.15) is 0 Å². The second kappa shape index (κ2) is 6.84. The molecule has 0 aliphatic carbocycles. The topological polar surface area (TPSA) is 37.3 Å². The number of carbonyl (C=O) groups is 1.